The van der Waals surface area contributed by atoms with Crippen LogP contribution in [0.3, 0.4) is 0 Å². The number of fused-ring (bicyclic) bond motifs is 1. The van der Waals surface area contributed by atoms with Gasteiger partial charge in [0, 0.05) is 27.7 Å². The summed E-state index contributed by atoms with van der Waals surface area (Å²) in [5.74, 6) is 0.951. The number of aryl methyl sites for hydroxylation is 2. The summed E-state index contributed by atoms with van der Waals surface area (Å²) >= 11 is 3.59. The highest BCUT2D eigenvalue weighted by molar-refractivity contribution is 9.10. The molecule has 1 aliphatic heterocycles. The van der Waals surface area contributed by atoms with Crippen LogP contribution in [0.4, 0.5) is 11.4 Å². The van der Waals surface area contributed by atoms with Crippen molar-refractivity contribution in [2.75, 3.05) is 17.7 Å². The van der Waals surface area contributed by atoms with E-state index in [0.717, 1.165) is 44.9 Å². The quantitative estimate of drug-likeness (QED) is 0.558. The van der Waals surface area contributed by atoms with Crippen LogP contribution < -0.4 is 15.4 Å². The number of methoxy groups -OCH3 is 1. The topological polar surface area (TPSA) is 50.4 Å². The molecule has 2 aromatic rings. The van der Waals surface area contributed by atoms with E-state index in [1.807, 2.05) is 18.2 Å². The van der Waals surface area contributed by atoms with Gasteiger partial charge in [-0.1, -0.05) is 29.8 Å². The summed E-state index contributed by atoms with van der Waals surface area (Å²) in [6.45, 7) is 8.54. The monoisotopic (exact) mass is 454 g/mol. The molecule has 0 bridgehead atoms. The average molecular weight is 455 g/mol. The number of carbonyl (C=O) groups excluding carboxylic acids is 1. The smallest absolute Gasteiger partial charge is 0.163 e. The predicted molar refractivity (Wildman–Crippen MR) is 122 cm³/mol. The molecule has 0 fully saturated rings. The predicted octanol–water partition coefficient (Wildman–Crippen LogP) is 6.30. The Labute approximate surface area is 180 Å². The minimum absolute atomic E-state index is 0.0704. The van der Waals surface area contributed by atoms with Gasteiger partial charge in [0.25, 0.3) is 0 Å². The maximum atomic E-state index is 13.4. The Morgan fingerprint density at radius 3 is 2.45 bits per heavy atom. The normalized spacial score (nSPS) is 20.2. The number of hydrogen-bond donors (Lipinski definition) is 2. The van der Waals surface area contributed by atoms with Crippen LogP contribution in [0.15, 0.2) is 46.1 Å². The Hall–Kier alpha value is -2.27. The molecule has 5 heteroatoms. The van der Waals surface area contributed by atoms with Gasteiger partial charge in [0.1, 0.15) is 5.75 Å². The van der Waals surface area contributed by atoms with E-state index in [4.69, 9.17) is 4.74 Å². The summed E-state index contributed by atoms with van der Waals surface area (Å²) in [4.78, 5) is 13.4. The number of halogens is 1. The fraction of sp³-hybridized carbons (Fsp3) is 0.375. The molecule has 0 amide bonds. The van der Waals surface area contributed by atoms with Crippen LogP contribution in [0, 0.1) is 19.3 Å². The Morgan fingerprint density at radius 2 is 1.76 bits per heavy atom. The van der Waals surface area contributed by atoms with E-state index in [9.17, 15) is 4.79 Å². The number of anilines is 2. The molecule has 29 heavy (non-hydrogen) atoms. The summed E-state index contributed by atoms with van der Waals surface area (Å²) in [7, 11) is 1.67. The molecule has 0 saturated heterocycles. The highest BCUT2D eigenvalue weighted by atomic mass is 79.9. The molecule has 4 nitrogen and oxygen atoms in total. The lowest BCUT2D eigenvalue weighted by Gasteiger charge is -2.34. The van der Waals surface area contributed by atoms with E-state index >= 15 is 0 Å². The van der Waals surface area contributed by atoms with Crippen molar-refractivity contribution < 1.29 is 9.53 Å². The number of hydrogen-bond acceptors (Lipinski definition) is 4. The first-order valence-corrected chi connectivity index (χ1v) is 10.7. The number of carbonyl (C=O) groups is 1. The third-order valence-electron chi connectivity index (χ3n) is 5.93. The van der Waals surface area contributed by atoms with E-state index in [1.165, 1.54) is 11.1 Å². The summed E-state index contributed by atoms with van der Waals surface area (Å²) < 4.78 is 6.62. The molecule has 0 spiro atoms. The number of nitrogens with one attached hydrogen (secondary N) is 2. The summed E-state index contributed by atoms with van der Waals surface area (Å²) in [6, 6.07) is 9.98. The molecule has 1 heterocycles. The molecule has 0 saturated carbocycles. The van der Waals surface area contributed by atoms with Gasteiger partial charge in [-0.05, 0) is 67.1 Å². The van der Waals surface area contributed by atoms with Gasteiger partial charge in [0.05, 0.1) is 24.5 Å². The van der Waals surface area contributed by atoms with Crippen molar-refractivity contribution in [1.29, 1.82) is 0 Å². The number of allylic oxidation sites excluding steroid dienone is 1. The van der Waals surface area contributed by atoms with Gasteiger partial charge >= 0.3 is 0 Å². The second kappa shape index (κ2) is 7.21. The van der Waals surface area contributed by atoms with Gasteiger partial charge in [-0.3, -0.25) is 4.79 Å². The molecule has 4 rings (SSSR count). The van der Waals surface area contributed by atoms with Crippen LogP contribution in [0.25, 0.3) is 0 Å². The Morgan fingerprint density at radius 1 is 1.07 bits per heavy atom. The second-order valence-electron chi connectivity index (χ2n) is 8.90. The second-order valence-corrected chi connectivity index (χ2v) is 9.82. The number of ketones is 1. The van der Waals surface area contributed by atoms with Gasteiger partial charge in [0.15, 0.2) is 5.78 Å². The van der Waals surface area contributed by atoms with Crippen molar-refractivity contribution >= 4 is 33.1 Å². The fourth-order valence-corrected chi connectivity index (χ4v) is 4.75. The molecule has 0 unspecified atom stereocenters. The van der Waals surface area contributed by atoms with E-state index < -0.39 is 0 Å². The van der Waals surface area contributed by atoms with E-state index in [0.29, 0.717) is 6.42 Å². The Bertz CT molecular complexity index is 1040. The minimum Gasteiger partial charge on any atom is -0.496 e. The van der Waals surface area contributed by atoms with Crippen molar-refractivity contribution in [3.8, 4) is 5.75 Å². The fourth-order valence-electron chi connectivity index (χ4n) is 4.37. The molecular formula is C24H27BrN2O2. The maximum Gasteiger partial charge on any atom is 0.163 e. The van der Waals surface area contributed by atoms with Gasteiger partial charge in [-0.15, -0.1) is 0 Å². The van der Waals surface area contributed by atoms with Crippen LogP contribution in [-0.2, 0) is 4.79 Å². The van der Waals surface area contributed by atoms with Gasteiger partial charge in [-0.25, -0.2) is 0 Å². The zero-order chi connectivity index (χ0) is 20.9. The molecule has 152 valence electrons. The molecule has 2 N–H and O–H groups in total. The molecular weight excluding hydrogens is 428 g/mol. The van der Waals surface area contributed by atoms with Crippen molar-refractivity contribution in [2.45, 2.75) is 46.6 Å². The number of rotatable bonds is 2. The van der Waals surface area contributed by atoms with Crippen LogP contribution in [0.1, 0.15) is 49.4 Å². The lowest BCUT2D eigenvalue weighted by Crippen LogP contribution is -2.31. The van der Waals surface area contributed by atoms with Crippen LogP contribution in [0.5, 0.6) is 5.75 Å². The van der Waals surface area contributed by atoms with Gasteiger partial charge in [-0.2, -0.15) is 0 Å². The summed E-state index contributed by atoms with van der Waals surface area (Å²) in [6.07, 6.45) is 1.37. The standard InChI is InChI=1S/C24H27BrN2O2/c1-13-8-17-18(9-14(13)2)27-23(16-10-15(25)6-7-21(16)29-5)22-19(26-17)11-24(3,4)12-20(22)28/h6-10,23,26-27H,11-12H2,1-5H3/t23-/m1/s1. The van der Waals surface area contributed by atoms with Crippen LogP contribution >= 0.6 is 15.9 Å². The molecule has 0 aromatic heterocycles. The Kier molecular flexibility index (Phi) is 4.97. The zero-order valence-electron chi connectivity index (χ0n) is 17.6. The van der Waals surface area contributed by atoms with Crippen LogP contribution in [-0.4, -0.2) is 12.9 Å². The largest absolute Gasteiger partial charge is 0.496 e. The van der Waals surface area contributed by atoms with E-state index in [2.05, 4.69) is 66.4 Å². The number of Topliss-reactive ketones (excluding diaryl/α,β-unsaturated/α-hetero) is 1. The lowest BCUT2D eigenvalue weighted by atomic mass is 9.73. The average Bonchev–Trinajstić information content (AvgIpc) is 2.77. The SMILES string of the molecule is COc1ccc(Br)cc1[C@H]1Nc2cc(C)c(C)cc2NC2=C1C(=O)CC(C)(C)C2. The van der Waals surface area contributed by atoms with Crippen molar-refractivity contribution in [1.82, 2.24) is 0 Å². The van der Waals surface area contributed by atoms with Crippen molar-refractivity contribution in [2.24, 2.45) is 5.41 Å². The summed E-state index contributed by atoms with van der Waals surface area (Å²) in [5, 5.41) is 7.27. The van der Waals surface area contributed by atoms with Crippen molar-refractivity contribution in [3.05, 3.63) is 62.8 Å². The van der Waals surface area contributed by atoms with Gasteiger partial charge < -0.3 is 15.4 Å². The first kappa shape index (κ1) is 20.0. The number of ether oxygens (including phenoxy) is 1. The zero-order valence-corrected chi connectivity index (χ0v) is 19.2. The first-order valence-electron chi connectivity index (χ1n) is 9.93. The molecule has 2 aromatic carbocycles. The van der Waals surface area contributed by atoms with Crippen molar-refractivity contribution in [3.63, 3.8) is 0 Å². The molecule has 0 radical (unpaired) electrons. The van der Waals surface area contributed by atoms with Crippen LogP contribution in [0.2, 0.25) is 0 Å². The van der Waals surface area contributed by atoms with Gasteiger partial charge in [0.2, 0.25) is 0 Å². The highest BCUT2D eigenvalue weighted by Crippen LogP contribution is 2.47. The number of benzene rings is 2. The third kappa shape index (κ3) is 3.68. The van der Waals surface area contributed by atoms with E-state index in [-0.39, 0.29) is 17.2 Å². The minimum atomic E-state index is -0.281. The molecule has 1 aliphatic carbocycles. The Balaban J connectivity index is 1.95. The maximum absolute atomic E-state index is 13.4. The lowest BCUT2D eigenvalue weighted by molar-refractivity contribution is -0.118. The summed E-state index contributed by atoms with van der Waals surface area (Å²) in [5.41, 5.74) is 7.15. The molecule has 2 aliphatic rings. The third-order valence-corrected chi connectivity index (χ3v) is 6.42. The highest BCUT2D eigenvalue weighted by Gasteiger charge is 2.39. The molecule has 1 atom stereocenters. The van der Waals surface area contributed by atoms with E-state index in [1.54, 1.807) is 7.11 Å². The first-order chi connectivity index (χ1) is 13.7.